The highest BCUT2D eigenvalue weighted by molar-refractivity contribution is 5.43. The Labute approximate surface area is 50.9 Å². The predicted molar refractivity (Wildman–Crippen MR) is 28.7 cm³/mol. The van der Waals surface area contributed by atoms with Crippen molar-refractivity contribution in [2.45, 2.75) is 0 Å². The number of fused-ring (bicyclic) bond motifs is 1. The molecule has 0 unspecified atom stereocenters. The molecule has 0 aliphatic carbocycles. The van der Waals surface area contributed by atoms with Crippen LogP contribution in [-0.4, -0.2) is 15.2 Å². The zero-order valence-electron chi connectivity index (χ0n) is 4.48. The number of hydrogen-bond donors (Lipinski definition) is 0. The van der Waals surface area contributed by atoms with Gasteiger partial charge < -0.3 is 4.42 Å². The molecule has 0 aromatic rings. The van der Waals surface area contributed by atoms with Crippen LogP contribution < -0.4 is 0 Å². The third-order valence-electron chi connectivity index (χ3n) is 1.00. The molecule has 0 aromatic carbocycles. The minimum absolute atomic E-state index is 0.553. The van der Waals surface area contributed by atoms with E-state index in [9.17, 15) is 0 Å². The van der Waals surface area contributed by atoms with E-state index >= 15 is 0 Å². The number of aromatic nitrogens is 3. The lowest BCUT2D eigenvalue weighted by atomic mass is 10.5. The maximum absolute atomic E-state index is 4.96. The molecule has 0 N–H and O–H groups in total. The zero-order valence-corrected chi connectivity index (χ0v) is 4.48. The van der Waals surface area contributed by atoms with Gasteiger partial charge in [-0.2, -0.15) is 5.10 Å². The fourth-order valence-corrected chi connectivity index (χ4v) is 0.620. The maximum atomic E-state index is 4.96. The second-order valence-corrected chi connectivity index (χ2v) is 1.56. The third kappa shape index (κ3) is 0.561. The van der Waals surface area contributed by atoms with Gasteiger partial charge in [0.25, 0.3) is 0 Å². The molecule has 2 aliphatic rings. The summed E-state index contributed by atoms with van der Waals surface area (Å²) in [6.07, 6.45) is 4.56. The van der Waals surface area contributed by atoms with Crippen LogP contribution in [-0.2, 0) is 0 Å². The van der Waals surface area contributed by atoms with Gasteiger partial charge in [0.2, 0.25) is 5.82 Å². The van der Waals surface area contributed by atoms with Gasteiger partial charge >= 0.3 is 0 Å². The van der Waals surface area contributed by atoms with E-state index in [0.29, 0.717) is 11.6 Å². The fourth-order valence-electron chi connectivity index (χ4n) is 0.620. The first-order valence-corrected chi connectivity index (χ1v) is 2.48. The molecular weight excluding hydrogens is 118 g/mol. The highest BCUT2D eigenvalue weighted by atomic mass is 16.3. The minimum atomic E-state index is 0.553. The monoisotopic (exact) mass is 121 g/mol. The molecule has 2 rings (SSSR count). The van der Waals surface area contributed by atoms with E-state index in [0.717, 1.165) is 0 Å². The Balaban J connectivity index is 2.79. The first-order valence-electron chi connectivity index (χ1n) is 2.48. The van der Waals surface area contributed by atoms with Crippen molar-refractivity contribution >= 4 is 0 Å². The minimum Gasteiger partial charge on any atom is -0.458 e. The smallest absolute Gasteiger partial charge is 0.219 e. The lowest BCUT2D eigenvalue weighted by molar-refractivity contribution is 0.557. The summed E-state index contributed by atoms with van der Waals surface area (Å²) in [7, 11) is 0. The molecule has 0 spiro atoms. The quantitative estimate of drug-likeness (QED) is 0.511. The molecule has 0 bridgehead atoms. The summed E-state index contributed by atoms with van der Waals surface area (Å²) in [5.41, 5.74) is 0. The van der Waals surface area contributed by atoms with Gasteiger partial charge in [0.1, 0.15) is 6.26 Å². The van der Waals surface area contributed by atoms with E-state index in [2.05, 4.69) is 15.2 Å². The van der Waals surface area contributed by atoms with E-state index in [1.807, 2.05) is 0 Å². The molecule has 9 heavy (non-hydrogen) atoms. The van der Waals surface area contributed by atoms with Gasteiger partial charge in [-0.1, -0.05) is 0 Å². The van der Waals surface area contributed by atoms with Crippen molar-refractivity contribution in [3.8, 4) is 11.6 Å². The zero-order chi connectivity index (χ0) is 6.10. The summed E-state index contributed by atoms with van der Waals surface area (Å²) in [6, 6.07) is 0. The van der Waals surface area contributed by atoms with Crippen molar-refractivity contribution in [2.24, 2.45) is 0 Å². The van der Waals surface area contributed by atoms with Crippen molar-refractivity contribution < 1.29 is 4.42 Å². The Kier molecular flexibility index (Phi) is 0.745. The molecule has 4 heteroatoms. The Bertz CT molecular complexity index is 252. The third-order valence-corrected chi connectivity index (χ3v) is 1.00. The van der Waals surface area contributed by atoms with Crippen molar-refractivity contribution in [3.63, 3.8) is 0 Å². The van der Waals surface area contributed by atoms with Crippen LogP contribution in [0.1, 0.15) is 0 Å². The Hall–Kier alpha value is -1.45. The first-order chi connectivity index (χ1) is 4.47. The fraction of sp³-hybridized carbons (Fsp3) is 0. The van der Waals surface area contributed by atoms with Gasteiger partial charge in [0.05, 0.1) is 12.4 Å². The summed E-state index contributed by atoms with van der Waals surface area (Å²) in [5, 5.41) is 7.26. The second kappa shape index (κ2) is 1.51. The van der Waals surface area contributed by atoms with Crippen molar-refractivity contribution in [1.82, 2.24) is 15.2 Å². The lowest BCUT2D eigenvalue weighted by Gasteiger charge is -1.87. The molecule has 0 fully saturated rings. The topological polar surface area (TPSA) is 51.8 Å². The molecule has 4 nitrogen and oxygen atoms in total. The van der Waals surface area contributed by atoms with Gasteiger partial charge in [0.15, 0.2) is 5.76 Å². The van der Waals surface area contributed by atoms with E-state index < -0.39 is 0 Å². The summed E-state index contributed by atoms with van der Waals surface area (Å²) >= 11 is 0. The number of hydrogen-bond acceptors (Lipinski definition) is 4. The summed E-state index contributed by atoms with van der Waals surface area (Å²) in [5.74, 6) is 1.18. The number of nitrogens with zero attached hydrogens (tertiary/aromatic N) is 3. The highest BCUT2D eigenvalue weighted by Gasteiger charge is 2.04. The van der Waals surface area contributed by atoms with Gasteiger partial charge in [-0.15, -0.1) is 5.10 Å². The molecule has 2 aliphatic heterocycles. The van der Waals surface area contributed by atoms with Crippen molar-refractivity contribution in [3.05, 3.63) is 18.7 Å². The van der Waals surface area contributed by atoms with Gasteiger partial charge in [-0.25, -0.2) is 4.98 Å². The van der Waals surface area contributed by atoms with Crippen LogP contribution in [0.5, 0.6) is 0 Å². The van der Waals surface area contributed by atoms with E-state index in [-0.39, 0.29) is 0 Å². The molecule has 2 heterocycles. The summed E-state index contributed by atoms with van der Waals surface area (Å²) in [4.78, 5) is 3.87. The average Bonchev–Trinajstić information content (AvgIpc) is 2.33. The van der Waals surface area contributed by atoms with Crippen molar-refractivity contribution in [1.29, 1.82) is 0 Å². The molecular formula is C5H3N3O. The Morgan fingerprint density at radius 1 is 1.44 bits per heavy atom. The Morgan fingerprint density at radius 2 is 2.44 bits per heavy atom. The molecule has 0 amide bonds. The van der Waals surface area contributed by atoms with Crippen LogP contribution >= 0.6 is 0 Å². The van der Waals surface area contributed by atoms with E-state index in [1.54, 1.807) is 0 Å². The maximum Gasteiger partial charge on any atom is 0.219 e. The van der Waals surface area contributed by atoms with Crippen LogP contribution in [0.25, 0.3) is 11.6 Å². The second-order valence-electron chi connectivity index (χ2n) is 1.56. The van der Waals surface area contributed by atoms with Crippen LogP contribution in [0.3, 0.4) is 0 Å². The molecule has 0 radical (unpaired) electrons. The van der Waals surface area contributed by atoms with E-state index in [1.165, 1.54) is 18.7 Å². The molecule has 44 valence electrons. The van der Waals surface area contributed by atoms with Gasteiger partial charge in [-0.3, -0.25) is 0 Å². The van der Waals surface area contributed by atoms with Crippen molar-refractivity contribution in [2.75, 3.05) is 0 Å². The van der Waals surface area contributed by atoms with Crippen LogP contribution in [0.2, 0.25) is 0 Å². The van der Waals surface area contributed by atoms with Crippen LogP contribution in [0, 0.1) is 0 Å². The average molecular weight is 121 g/mol. The normalized spacial score (nSPS) is 10.2. The molecule has 0 aromatic heterocycles. The Morgan fingerprint density at radius 3 is 3.33 bits per heavy atom. The SMILES string of the molecule is c1coc2cnnc-2n1. The summed E-state index contributed by atoms with van der Waals surface area (Å²) in [6.45, 7) is 0. The standard InChI is InChI=1S/C5H3N3O/c1-2-9-4-3-7-8-5(4)6-1/h1-3H. The number of rotatable bonds is 0. The van der Waals surface area contributed by atoms with Crippen LogP contribution in [0.4, 0.5) is 0 Å². The predicted octanol–water partition coefficient (Wildman–Crippen LogP) is 0.569. The highest BCUT2D eigenvalue weighted by Crippen LogP contribution is 2.11. The lowest BCUT2D eigenvalue weighted by Crippen LogP contribution is -1.79. The molecule has 0 atom stereocenters. The van der Waals surface area contributed by atoms with Crippen LogP contribution in [0.15, 0.2) is 23.1 Å². The first kappa shape index (κ1) is 4.43. The molecule has 0 saturated carbocycles. The largest absolute Gasteiger partial charge is 0.458 e. The summed E-state index contributed by atoms with van der Waals surface area (Å²) < 4.78 is 4.96. The van der Waals surface area contributed by atoms with Gasteiger partial charge in [0, 0.05) is 0 Å². The van der Waals surface area contributed by atoms with Gasteiger partial charge in [-0.05, 0) is 0 Å². The molecule has 0 saturated heterocycles. The van der Waals surface area contributed by atoms with E-state index in [4.69, 9.17) is 4.42 Å².